The molecule has 0 amide bonds. The SMILES string of the molecule is C=C(NCC)c1ccc(NC(=C)C2CC2)cc1N1CCCCCC1. The van der Waals surface area contributed by atoms with Crippen molar-refractivity contribution in [3.05, 3.63) is 42.6 Å². The first kappa shape index (κ1) is 16.9. The van der Waals surface area contributed by atoms with Crippen LogP contribution in [0, 0.1) is 5.92 Å². The van der Waals surface area contributed by atoms with Gasteiger partial charge in [0, 0.05) is 48.0 Å². The van der Waals surface area contributed by atoms with Gasteiger partial charge >= 0.3 is 0 Å². The van der Waals surface area contributed by atoms with Crippen LogP contribution in [0.4, 0.5) is 11.4 Å². The topological polar surface area (TPSA) is 27.3 Å². The fourth-order valence-electron chi connectivity index (χ4n) is 3.47. The lowest BCUT2D eigenvalue weighted by molar-refractivity contribution is 0.726. The fraction of sp³-hybridized carbons (Fsp3) is 0.524. The first-order valence-electron chi connectivity index (χ1n) is 9.47. The van der Waals surface area contributed by atoms with Gasteiger partial charge in [-0.3, -0.25) is 0 Å². The minimum absolute atomic E-state index is 0.669. The number of allylic oxidation sites excluding steroid dienone is 1. The molecule has 1 heterocycles. The number of rotatable bonds is 7. The van der Waals surface area contributed by atoms with Gasteiger partial charge in [-0.2, -0.15) is 0 Å². The van der Waals surface area contributed by atoms with Gasteiger partial charge in [-0.15, -0.1) is 0 Å². The second-order valence-corrected chi connectivity index (χ2v) is 7.07. The molecule has 0 spiro atoms. The first-order valence-corrected chi connectivity index (χ1v) is 9.47. The molecule has 0 unspecified atom stereocenters. The van der Waals surface area contributed by atoms with Crippen molar-refractivity contribution in [2.45, 2.75) is 45.4 Å². The van der Waals surface area contributed by atoms with Crippen molar-refractivity contribution in [2.75, 3.05) is 29.9 Å². The Kier molecular flexibility index (Phi) is 5.49. The van der Waals surface area contributed by atoms with Crippen molar-refractivity contribution in [1.82, 2.24) is 5.32 Å². The maximum absolute atomic E-state index is 4.25. The minimum atomic E-state index is 0.669. The summed E-state index contributed by atoms with van der Waals surface area (Å²) >= 11 is 0. The van der Waals surface area contributed by atoms with E-state index in [1.165, 1.54) is 49.8 Å². The Hall–Kier alpha value is -1.90. The number of anilines is 2. The summed E-state index contributed by atoms with van der Waals surface area (Å²) in [5.41, 5.74) is 5.86. The summed E-state index contributed by atoms with van der Waals surface area (Å²) in [7, 11) is 0. The number of hydrogen-bond acceptors (Lipinski definition) is 3. The van der Waals surface area contributed by atoms with E-state index >= 15 is 0 Å². The molecule has 0 bridgehead atoms. The standard InChI is InChI=1S/C21H31N3/c1-4-22-17(3)20-12-11-19(23-16(2)18-9-10-18)15-21(20)24-13-7-5-6-8-14-24/h11-12,15,18,22-23H,2-10,13-14H2,1H3. The van der Waals surface area contributed by atoms with Crippen LogP contribution in [-0.4, -0.2) is 19.6 Å². The molecular weight excluding hydrogens is 294 g/mol. The molecule has 0 atom stereocenters. The van der Waals surface area contributed by atoms with Gasteiger partial charge in [-0.1, -0.05) is 26.0 Å². The van der Waals surface area contributed by atoms with Crippen LogP contribution in [-0.2, 0) is 0 Å². The maximum atomic E-state index is 4.25. The van der Waals surface area contributed by atoms with Crippen molar-refractivity contribution >= 4 is 17.1 Å². The van der Waals surface area contributed by atoms with Crippen LogP contribution >= 0.6 is 0 Å². The summed E-state index contributed by atoms with van der Waals surface area (Å²) < 4.78 is 0. The largest absolute Gasteiger partial charge is 0.385 e. The van der Waals surface area contributed by atoms with Gasteiger partial charge in [0.15, 0.2) is 0 Å². The van der Waals surface area contributed by atoms with Crippen LogP contribution < -0.4 is 15.5 Å². The highest BCUT2D eigenvalue weighted by molar-refractivity contribution is 5.78. The second-order valence-electron chi connectivity index (χ2n) is 7.07. The quantitative estimate of drug-likeness (QED) is 0.740. The molecule has 1 saturated carbocycles. The summed E-state index contributed by atoms with van der Waals surface area (Å²) in [6.45, 7) is 13.7. The smallest absolute Gasteiger partial charge is 0.0481 e. The van der Waals surface area contributed by atoms with E-state index in [9.17, 15) is 0 Å². The lowest BCUT2D eigenvalue weighted by Gasteiger charge is -2.27. The van der Waals surface area contributed by atoms with Crippen molar-refractivity contribution < 1.29 is 0 Å². The zero-order chi connectivity index (χ0) is 16.9. The average molecular weight is 326 g/mol. The van der Waals surface area contributed by atoms with Crippen LogP contribution in [0.1, 0.15) is 51.0 Å². The summed E-state index contributed by atoms with van der Waals surface area (Å²) in [5.74, 6) is 0.669. The van der Waals surface area contributed by atoms with Crippen LogP contribution in [0.25, 0.3) is 5.70 Å². The average Bonchev–Trinajstić information content (AvgIpc) is 3.42. The molecule has 3 heteroatoms. The molecule has 130 valence electrons. The molecule has 1 saturated heterocycles. The van der Waals surface area contributed by atoms with E-state index in [0.717, 1.165) is 36.7 Å². The number of nitrogens with one attached hydrogen (secondary N) is 2. The van der Waals surface area contributed by atoms with Gasteiger partial charge in [-0.25, -0.2) is 0 Å². The third-order valence-corrected chi connectivity index (χ3v) is 5.03. The molecule has 0 radical (unpaired) electrons. The Morgan fingerprint density at radius 3 is 2.46 bits per heavy atom. The third-order valence-electron chi connectivity index (χ3n) is 5.03. The molecule has 2 N–H and O–H groups in total. The summed E-state index contributed by atoms with van der Waals surface area (Å²) in [5, 5.41) is 6.91. The summed E-state index contributed by atoms with van der Waals surface area (Å²) in [6.07, 6.45) is 7.80. The molecule has 1 aromatic rings. The third kappa shape index (κ3) is 4.14. The molecule has 2 aliphatic rings. The monoisotopic (exact) mass is 325 g/mol. The van der Waals surface area contributed by atoms with E-state index in [1.54, 1.807) is 0 Å². The maximum Gasteiger partial charge on any atom is 0.0481 e. The lowest BCUT2D eigenvalue weighted by atomic mass is 10.1. The molecule has 2 fully saturated rings. The van der Waals surface area contributed by atoms with Crippen LogP contribution in [0.3, 0.4) is 0 Å². The van der Waals surface area contributed by atoms with Gasteiger partial charge in [0.2, 0.25) is 0 Å². The molecule has 1 aliphatic carbocycles. The lowest BCUT2D eigenvalue weighted by Crippen LogP contribution is -2.26. The predicted molar refractivity (Wildman–Crippen MR) is 105 cm³/mol. The number of hydrogen-bond donors (Lipinski definition) is 2. The van der Waals surface area contributed by atoms with Crippen LogP contribution in [0.2, 0.25) is 0 Å². The molecule has 1 aliphatic heterocycles. The van der Waals surface area contributed by atoms with Crippen molar-refractivity contribution in [2.24, 2.45) is 5.92 Å². The van der Waals surface area contributed by atoms with Gasteiger partial charge < -0.3 is 15.5 Å². The second kappa shape index (κ2) is 7.78. The number of benzene rings is 1. The minimum Gasteiger partial charge on any atom is -0.385 e. The van der Waals surface area contributed by atoms with E-state index in [1.807, 2.05) is 0 Å². The Morgan fingerprint density at radius 2 is 1.83 bits per heavy atom. The Balaban J connectivity index is 1.86. The summed E-state index contributed by atoms with van der Waals surface area (Å²) in [6, 6.07) is 6.65. The molecular formula is C21H31N3. The van der Waals surface area contributed by atoms with E-state index in [2.05, 4.69) is 53.8 Å². The Morgan fingerprint density at radius 1 is 1.12 bits per heavy atom. The highest BCUT2D eigenvalue weighted by Gasteiger charge is 2.25. The molecule has 24 heavy (non-hydrogen) atoms. The fourth-order valence-corrected chi connectivity index (χ4v) is 3.47. The van der Waals surface area contributed by atoms with Crippen molar-refractivity contribution in [3.8, 4) is 0 Å². The van der Waals surface area contributed by atoms with Crippen LogP contribution in [0.15, 0.2) is 37.1 Å². The van der Waals surface area contributed by atoms with E-state index < -0.39 is 0 Å². The first-order chi connectivity index (χ1) is 11.7. The number of nitrogens with zero attached hydrogens (tertiary/aromatic N) is 1. The van der Waals surface area contributed by atoms with Gasteiger partial charge in [-0.05, 0) is 56.7 Å². The molecule has 3 nitrogen and oxygen atoms in total. The van der Waals surface area contributed by atoms with E-state index in [0.29, 0.717) is 5.92 Å². The van der Waals surface area contributed by atoms with Crippen molar-refractivity contribution in [3.63, 3.8) is 0 Å². The Labute approximate surface area is 146 Å². The van der Waals surface area contributed by atoms with Crippen molar-refractivity contribution in [1.29, 1.82) is 0 Å². The highest BCUT2D eigenvalue weighted by atomic mass is 15.1. The normalized spacial score (nSPS) is 18.0. The van der Waals surface area contributed by atoms with Gasteiger partial charge in [0.25, 0.3) is 0 Å². The highest BCUT2D eigenvalue weighted by Crippen LogP contribution is 2.37. The zero-order valence-corrected chi connectivity index (χ0v) is 15.0. The van der Waals surface area contributed by atoms with Gasteiger partial charge in [0.05, 0.1) is 0 Å². The van der Waals surface area contributed by atoms with Gasteiger partial charge in [0.1, 0.15) is 0 Å². The summed E-state index contributed by atoms with van der Waals surface area (Å²) in [4.78, 5) is 2.54. The van der Waals surface area contributed by atoms with E-state index in [4.69, 9.17) is 0 Å². The van der Waals surface area contributed by atoms with Crippen LogP contribution in [0.5, 0.6) is 0 Å². The molecule has 0 aromatic heterocycles. The predicted octanol–water partition coefficient (Wildman–Crippen LogP) is 4.98. The zero-order valence-electron chi connectivity index (χ0n) is 15.0. The molecule has 3 rings (SSSR count). The Bertz CT molecular complexity index is 593. The molecule has 1 aromatic carbocycles. The van der Waals surface area contributed by atoms with E-state index in [-0.39, 0.29) is 0 Å².